The van der Waals surface area contributed by atoms with Crippen molar-refractivity contribution < 1.29 is 18.3 Å². The molecule has 0 aliphatic carbocycles. The number of halogens is 1. The molecule has 1 amide bonds. The van der Waals surface area contributed by atoms with E-state index in [0.717, 1.165) is 6.26 Å². The van der Waals surface area contributed by atoms with Crippen molar-refractivity contribution in [3.05, 3.63) is 0 Å². The zero-order chi connectivity index (χ0) is 10.4. The van der Waals surface area contributed by atoms with Gasteiger partial charge in [0.25, 0.3) is 0 Å². The van der Waals surface area contributed by atoms with E-state index in [1.807, 2.05) is 0 Å². The predicted octanol–water partition coefficient (Wildman–Crippen LogP) is -0.999. The first-order valence-electron chi connectivity index (χ1n) is 3.57. The molecule has 1 rings (SSSR count). The lowest BCUT2D eigenvalue weighted by atomic mass is 9.95. The van der Waals surface area contributed by atoms with E-state index < -0.39 is 31.5 Å². The Labute approximate surface area is 84.6 Å². The summed E-state index contributed by atoms with van der Waals surface area (Å²) in [5.41, 5.74) is 0. The maximum absolute atomic E-state index is 11.1. The Morgan fingerprint density at radius 2 is 2.15 bits per heavy atom. The first kappa shape index (κ1) is 10.9. The molecule has 3 atom stereocenters. The van der Waals surface area contributed by atoms with Crippen molar-refractivity contribution >= 4 is 31.7 Å². The number of hydrogen-bond donors (Lipinski definition) is 2. The minimum absolute atomic E-state index is 0.502. The Bertz CT molecular complexity index is 339. The van der Waals surface area contributed by atoms with Crippen molar-refractivity contribution in [2.75, 3.05) is 6.26 Å². The minimum Gasteiger partial charge on any atom is -0.391 e. The summed E-state index contributed by atoms with van der Waals surface area (Å²) in [6.45, 7) is 1.37. The molecule has 1 aliphatic rings. The number of hydrogen-bond acceptors (Lipinski definition) is 4. The molecule has 0 saturated carbocycles. The number of aliphatic hydroxyl groups excluding tert-OH is 1. The van der Waals surface area contributed by atoms with Crippen LogP contribution in [0.4, 0.5) is 0 Å². The average Bonchev–Trinajstić information content (AvgIpc) is 1.95. The molecular weight excluding hydrogens is 262 g/mol. The molecule has 0 spiro atoms. The summed E-state index contributed by atoms with van der Waals surface area (Å²) in [6, 6.07) is 0. The number of carbonyl (C=O) groups excluding carboxylic acids is 1. The number of nitrogens with one attached hydrogen (secondary N) is 1. The van der Waals surface area contributed by atoms with E-state index in [1.165, 1.54) is 6.92 Å². The average molecular weight is 272 g/mol. The van der Waals surface area contributed by atoms with Crippen molar-refractivity contribution in [3.8, 4) is 0 Å². The largest absolute Gasteiger partial charge is 0.391 e. The fraction of sp³-hybridized carbons (Fsp3) is 0.833. The Morgan fingerprint density at radius 3 is 2.31 bits per heavy atom. The number of β-lactam (4-membered cyclic amide) rings is 1. The number of carbonyl (C=O) groups is 1. The first-order chi connectivity index (χ1) is 5.70. The number of sulfone groups is 1. The molecule has 1 fully saturated rings. The van der Waals surface area contributed by atoms with E-state index in [4.69, 9.17) is 0 Å². The fourth-order valence-electron chi connectivity index (χ4n) is 1.20. The highest BCUT2D eigenvalue weighted by Crippen LogP contribution is 2.36. The van der Waals surface area contributed by atoms with Crippen LogP contribution in [0.2, 0.25) is 0 Å². The third-order valence-corrected chi connectivity index (χ3v) is 5.16. The molecule has 76 valence electrons. The van der Waals surface area contributed by atoms with Gasteiger partial charge in [-0.15, -0.1) is 0 Å². The number of alkyl halides is 1. The van der Waals surface area contributed by atoms with Gasteiger partial charge >= 0.3 is 0 Å². The summed E-state index contributed by atoms with van der Waals surface area (Å²) >= 11 is 2.96. The van der Waals surface area contributed by atoms with Crippen LogP contribution in [0.25, 0.3) is 0 Å². The van der Waals surface area contributed by atoms with Crippen molar-refractivity contribution in [2.24, 2.45) is 0 Å². The predicted molar refractivity (Wildman–Crippen MR) is 50.1 cm³/mol. The highest BCUT2D eigenvalue weighted by atomic mass is 79.9. The molecule has 0 aromatic rings. The smallest absolute Gasteiger partial charge is 0.243 e. The van der Waals surface area contributed by atoms with Crippen molar-refractivity contribution in [2.45, 2.75) is 22.7 Å². The van der Waals surface area contributed by atoms with Gasteiger partial charge in [-0.1, -0.05) is 15.9 Å². The van der Waals surface area contributed by atoms with Crippen LogP contribution in [0.3, 0.4) is 0 Å². The van der Waals surface area contributed by atoms with Gasteiger partial charge in [-0.3, -0.25) is 4.79 Å². The van der Waals surface area contributed by atoms with Crippen LogP contribution in [0.15, 0.2) is 0 Å². The number of rotatable bonds is 2. The van der Waals surface area contributed by atoms with Crippen molar-refractivity contribution in [3.63, 3.8) is 0 Å². The van der Waals surface area contributed by atoms with Gasteiger partial charge in [0, 0.05) is 6.26 Å². The Morgan fingerprint density at radius 1 is 1.69 bits per heavy atom. The third-order valence-electron chi connectivity index (χ3n) is 2.03. The van der Waals surface area contributed by atoms with Gasteiger partial charge < -0.3 is 10.4 Å². The van der Waals surface area contributed by atoms with Gasteiger partial charge in [0.15, 0.2) is 19.5 Å². The normalized spacial score (nSPS) is 36.3. The van der Waals surface area contributed by atoms with Gasteiger partial charge in [-0.25, -0.2) is 8.42 Å². The second kappa shape index (κ2) is 2.93. The molecule has 0 aromatic heterocycles. The van der Waals surface area contributed by atoms with Gasteiger partial charge in [-0.05, 0) is 6.92 Å². The second-order valence-electron chi connectivity index (χ2n) is 3.13. The zero-order valence-corrected chi connectivity index (χ0v) is 9.52. The summed E-state index contributed by atoms with van der Waals surface area (Å²) in [4.78, 5) is 11.1. The fourth-order valence-corrected chi connectivity index (χ4v) is 3.70. The van der Waals surface area contributed by atoms with E-state index in [2.05, 4.69) is 21.2 Å². The molecule has 7 heteroatoms. The topological polar surface area (TPSA) is 83.5 Å². The minimum atomic E-state index is -3.39. The van der Waals surface area contributed by atoms with Gasteiger partial charge in [0.05, 0.1) is 6.10 Å². The molecule has 2 N–H and O–H groups in total. The van der Waals surface area contributed by atoms with E-state index in [0.29, 0.717) is 0 Å². The Kier molecular flexibility index (Phi) is 2.46. The Balaban J connectivity index is 3.03. The summed E-state index contributed by atoms with van der Waals surface area (Å²) in [5.74, 6) is -0.502. The van der Waals surface area contributed by atoms with Crippen LogP contribution in [-0.4, -0.2) is 41.5 Å². The molecular formula is C6H10BrNO4S. The van der Waals surface area contributed by atoms with E-state index >= 15 is 0 Å². The first-order valence-corrected chi connectivity index (χ1v) is 6.32. The molecule has 2 unspecified atom stereocenters. The van der Waals surface area contributed by atoms with Crippen LogP contribution in [0, 0.1) is 0 Å². The third kappa shape index (κ3) is 1.49. The molecule has 1 saturated heterocycles. The van der Waals surface area contributed by atoms with Crippen LogP contribution in [-0.2, 0) is 14.6 Å². The Hall–Kier alpha value is -0.140. The van der Waals surface area contributed by atoms with Crippen LogP contribution < -0.4 is 5.32 Å². The molecule has 0 aromatic carbocycles. The lowest BCUT2D eigenvalue weighted by molar-refractivity contribution is -0.133. The summed E-state index contributed by atoms with van der Waals surface area (Å²) < 4.78 is 20.9. The lowest BCUT2D eigenvalue weighted by Gasteiger charge is -2.44. The zero-order valence-electron chi connectivity index (χ0n) is 7.11. The molecule has 1 heterocycles. The van der Waals surface area contributed by atoms with Crippen LogP contribution in [0.1, 0.15) is 6.92 Å². The molecule has 1 aliphatic heterocycles. The van der Waals surface area contributed by atoms with Gasteiger partial charge in [0.2, 0.25) is 5.91 Å². The van der Waals surface area contributed by atoms with Crippen molar-refractivity contribution in [1.82, 2.24) is 5.32 Å². The van der Waals surface area contributed by atoms with Gasteiger partial charge in [-0.2, -0.15) is 0 Å². The summed E-state index contributed by atoms with van der Waals surface area (Å²) in [6.07, 6.45) is -0.0452. The number of aliphatic hydroxyl groups is 1. The number of amides is 1. The summed E-state index contributed by atoms with van der Waals surface area (Å²) in [5, 5.41) is 10.4. The molecule has 5 nitrogen and oxygen atoms in total. The SMILES string of the molecule is CC(O)[C@]1(Br)C(=O)NC1S(C)(=O)=O. The monoisotopic (exact) mass is 271 g/mol. The van der Waals surface area contributed by atoms with Gasteiger partial charge in [0.1, 0.15) is 0 Å². The van der Waals surface area contributed by atoms with E-state index in [9.17, 15) is 18.3 Å². The molecule has 13 heavy (non-hydrogen) atoms. The van der Waals surface area contributed by atoms with E-state index in [1.54, 1.807) is 0 Å². The van der Waals surface area contributed by atoms with Crippen molar-refractivity contribution in [1.29, 1.82) is 0 Å². The lowest BCUT2D eigenvalue weighted by Crippen LogP contribution is -2.75. The maximum atomic E-state index is 11.1. The highest BCUT2D eigenvalue weighted by Gasteiger charge is 2.61. The standard InChI is InChI=1S/C6H10BrNO4S/c1-3(9)6(7)4(10)8-5(6)13(2,11)12/h3,5,9H,1-2H3,(H,8,10)/t3?,5?,6-/m0/s1. The highest BCUT2D eigenvalue weighted by molar-refractivity contribution is 9.10. The van der Waals surface area contributed by atoms with Crippen LogP contribution >= 0.6 is 15.9 Å². The summed E-state index contributed by atoms with van der Waals surface area (Å²) in [7, 11) is -3.39. The van der Waals surface area contributed by atoms with Crippen LogP contribution in [0.5, 0.6) is 0 Å². The molecule has 0 bridgehead atoms. The quantitative estimate of drug-likeness (QED) is 0.499. The second-order valence-corrected chi connectivity index (χ2v) is 6.57. The molecule has 0 radical (unpaired) electrons. The van der Waals surface area contributed by atoms with E-state index in [-0.39, 0.29) is 0 Å². The maximum Gasteiger partial charge on any atom is 0.243 e.